The second-order valence-electron chi connectivity index (χ2n) is 6.04. The number of carbonyl (C=O) groups excluding carboxylic acids is 3. The Morgan fingerprint density at radius 1 is 1.27 bits per heavy atom. The van der Waals surface area contributed by atoms with Crippen molar-refractivity contribution in [3.63, 3.8) is 0 Å². The van der Waals surface area contributed by atoms with Gasteiger partial charge < -0.3 is 15.8 Å². The van der Waals surface area contributed by atoms with Crippen LogP contribution in [0.3, 0.4) is 0 Å². The van der Waals surface area contributed by atoms with Crippen LogP contribution in [0.15, 0.2) is 24.3 Å². The maximum Gasteiger partial charge on any atom is 0.325 e. The molecule has 3 N–H and O–H groups in total. The van der Waals surface area contributed by atoms with Crippen LogP contribution in [0.5, 0.6) is 0 Å². The van der Waals surface area contributed by atoms with Crippen molar-refractivity contribution in [2.24, 2.45) is 5.73 Å². The number of carbonyl (C=O) groups is 3. The van der Waals surface area contributed by atoms with Gasteiger partial charge in [0.25, 0.3) is 5.91 Å². The van der Waals surface area contributed by atoms with Gasteiger partial charge in [0.15, 0.2) is 6.10 Å². The zero-order valence-corrected chi connectivity index (χ0v) is 15.3. The number of primary amides is 1. The minimum absolute atomic E-state index is 0.255. The van der Waals surface area contributed by atoms with Crippen LogP contribution in [-0.4, -0.2) is 55.5 Å². The molecule has 9 nitrogen and oxygen atoms in total. The number of nitrogens with two attached hydrogens (primary N) is 1. The van der Waals surface area contributed by atoms with Crippen LogP contribution >= 0.6 is 0 Å². The molecule has 1 saturated heterocycles. The third kappa shape index (κ3) is 4.79. The van der Waals surface area contributed by atoms with Gasteiger partial charge in [0, 0.05) is 17.8 Å². The number of anilines is 1. The molecule has 0 saturated carbocycles. The summed E-state index contributed by atoms with van der Waals surface area (Å²) in [5.41, 5.74) is 5.84. The standard InChI is InChI=1S/C16H21N3O6S/c1-10(15(21)18-12-7-5-11(6-8-12)14(17)20)25-16(22)13-4-3-9-19(13)26(2,23)24/h5-8,10,13H,3-4,9H2,1-2H3,(H2,17,20)(H,18,21)/t10-,13-/m1/s1. The molecule has 142 valence electrons. The van der Waals surface area contributed by atoms with E-state index in [1.165, 1.54) is 31.2 Å². The number of esters is 1. The highest BCUT2D eigenvalue weighted by Crippen LogP contribution is 2.22. The van der Waals surface area contributed by atoms with E-state index in [1.54, 1.807) is 0 Å². The first-order chi connectivity index (χ1) is 12.1. The predicted molar refractivity (Wildman–Crippen MR) is 93.7 cm³/mol. The second-order valence-corrected chi connectivity index (χ2v) is 7.98. The number of ether oxygens (including phenoxy) is 1. The molecular formula is C16H21N3O6S. The molecule has 0 spiro atoms. The summed E-state index contributed by atoms with van der Waals surface area (Å²) in [4.78, 5) is 35.4. The topological polar surface area (TPSA) is 136 Å². The molecule has 10 heteroatoms. The average Bonchev–Trinajstić information content (AvgIpc) is 3.05. The summed E-state index contributed by atoms with van der Waals surface area (Å²) in [5.74, 6) is -1.91. The largest absolute Gasteiger partial charge is 0.451 e. The van der Waals surface area contributed by atoms with E-state index >= 15 is 0 Å². The lowest BCUT2D eigenvalue weighted by molar-refractivity contribution is -0.156. The Morgan fingerprint density at radius 3 is 2.42 bits per heavy atom. The summed E-state index contributed by atoms with van der Waals surface area (Å²) in [6, 6.07) is 4.99. The van der Waals surface area contributed by atoms with Gasteiger partial charge in [-0.15, -0.1) is 0 Å². The van der Waals surface area contributed by atoms with E-state index in [-0.39, 0.29) is 6.54 Å². The first-order valence-electron chi connectivity index (χ1n) is 7.97. The van der Waals surface area contributed by atoms with Crippen molar-refractivity contribution in [3.8, 4) is 0 Å². The third-order valence-electron chi connectivity index (χ3n) is 4.00. The van der Waals surface area contributed by atoms with Gasteiger partial charge in [-0.1, -0.05) is 0 Å². The minimum atomic E-state index is -3.52. The summed E-state index contributed by atoms with van der Waals surface area (Å²) in [5, 5.41) is 2.55. The van der Waals surface area contributed by atoms with Gasteiger partial charge in [-0.3, -0.25) is 14.4 Å². The predicted octanol–water partition coefficient (Wildman–Crippen LogP) is 0.0797. The molecule has 1 fully saturated rings. The molecule has 1 aliphatic rings. The summed E-state index contributed by atoms with van der Waals surface area (Å²) < 4.78 is 29.6. The molecule has 0 aromatic heterocycles. The number of rotatable bonds is 6. The van der Waals surface area contributed by atoms with Crippen LogP contribution in [0.25, 0.3) is 0 Å². The van der Waals surface area contributed by atoms with E-state index < -0.39 is 40.0 Å². The maximum absolute atomic E-state index is 12.2. The van der Waals surface area contributed by atoms with Gasteiger partial charge in [0.05, 0.1) is 6.26 Å². The van der Waals surface area contributed by atoms with Crippen LogP contribution in [0.4, 0.5) is 5.69 Å². The van der Waals surface area contributed by atoms with Crippen LogP contribution in [0.2, 0.25) is 0 Å². The summed E-state index contributed by atoms with van der Waals surface area (Å²) >= 11 is 0. The summed E-state index contributed by atoms with van der Waals surface area (Å²) in [6.45, 7) is 1.65. The lowest BCUT2D eigenvalue weighted by atomic mass is 10.2. The molecule has 2 atom stereocenters. The molecule has 26 heavy (non-hydrogen) atoms. The Morgan fingerprint density at radius 2 is 1.88 bits per heavy atom. The molecular weight excluding hydrogens is 362 g/mol. The number of amides is 2. The molecule has 2 amide bonds. The molecule has 1 heterocycles. The van der Waals surface area contributed by atoms with Crippen molar-refractivity contribution in [1.29, 1.82) is 0 Å². The molecule has 0 aliphatic carbocycles. The van der Waals surface area contributed by atoms with Crippen molar-refractivity contribution in [1.82, 2.24) is 4.31 Å². The van der Waals surface area contributed by atoms with E-state index in [1.807, 2.05) is 0 Å². The van der Waals surface area contributed by atoms with Crippen LogP contribution in [0.1, 0.15) is 30.1 Å². The molecule has 1 aromatic carbocycles. The number of nitrogens with zero attached hydrogens (tertiary/aromatic N) is 1. The van der Waals surface area contributed by atoms with E-state index in [2.05, 4.69) is 5.32 Å². The quantitative estimate of drug-likeness (QED) is 0.668. The fraction of sp³-hybridized carbons (Fsp3) is 0.438. The Bertz CT molecular complexity index is 806. The Kier molecular flexibility index (Phi) is 5.98. The van der Waals surface area contributed by atoms with Crippen molar-refractivity contribution >= 4 is 33.5 Å². The molecule has 1 aromatic rings. The van der Waals surface area contributed by atoms with Gasteiger partial charge in [0.2, 0.25) is 15.9 Å². The Hall–Kier alpha value is -2.46. The van der Waals surface area contributed by atoms with Gasteiger partial charge in [-0.25, -0.2) is 8.42 Å². The van der Waals surface area contributed by atoms with E-state index in [0.717, 1.165) is 10.6 Å². The molecule has 1 aliphatic heterocycles. The van der Waals surface area contributed by atoms with E-state index in [4.69, 9.17) is 10.5 Å². The third-order valence-corrected chi connectivity index (χ3v) is 5.29. The van der Waals surface area contributed by atoms with Gasteiger partial charge in [0.1, 0.15) is 6.04 Å². The highest BCUT2D eigenvalue weighted by molar-refractivity contribution is 7.88. The number of hydrogen-bond donors (Lipinski definition) is 2. The lowest BCUT2D eigenvalue weighted by Crippen LogP contribution is -2.43. The van der Waals surface area contributed by atoms with Gasteiger partial charge >= 0.3 is 5.97 Å². The van der Waals surface area contributed by atoms with Crippen molar-refractivity contribution in [2.75, 3.05) is 18.1 Å². The first-order valence-corrected chi connectivity index (χ1v) is 9.82. The Balaban J connectivity index is 1.96. The first kappa shape index (κ1) is 19.9. The van der Waals surface area contributed by atoms with Gasteiger partial charge in [-0.05, 0) is 44.0 Å². The number of nitrogens with one attached hydrogen (secondary N) is 1. The number of benzene rings is 1. The highest BCUT2D eigenvalue weighted by Gasteiger charge is 2.38. The average molecular weight is 383 g/mol. The fourth-order valence-electron chi connectivity index (χ4n) is 2.64. The normalized spacial score (nSPS) is 18.9. The summed E-state index contributed by atoms with van der Waals surface area (Å²) in [7, 11) is -3.52. The van der Waals surface area contributed by atoms with E-state index in [0.29, 0.717) is 24.1 Å². The minimum Gasteiger partial charge on any atom is -0.451 e. The van der Waals surface area contributed by atoms with E-state index in [9.17, 15) is 22.8 Å². The highest BCUT2D eigenvalue weighted by atomic mass is 32.2. The Labute approximate surface area is 151 Å². The van der Waals surface area contributed by atoms with Crippen LogP contribution < -0.4 is 11.1 Å². The molecule has 0 unspecified atom stereocenters. The lowest BCUT2D eigenvalue weighted by Gasteiger charge is -2.22. The molecule has 2 rings (SSSR count). The van der Waals surface area contributed by atoms with Gasteiger partial charge in [-0.2, -0.15) is 4.31 Å². The number of sulfonamides is 1. The second kappa shape index (κ2) is 7.83. The van der Waals surface area contributed by atoms with Crippen molar-refractivity contribution in [2.45, 2.75) is 31.9 Å². The van der Waals surface area contributed by atoms with Crippen LogP contribution in [-0.2, 0) is 24.3 Å². The monoisotopic (exact) mass is 383 g/mol. The zero-order chi connectivity index (χ0) is 19.5. The van der Waals surface area contributed by atoms with Crippen molar-refractivity contribution in [3.05, 3.63) is 29.8 Å². The summed E-state index contributed by atoms with van der Waals surface area (Å²) in [6.07, 6.45) is 0.833. The zero-order valence-electron chi connectivity index (χ0n) is 14.5. The SMILES string of the molecule is C[C@@H](OC(=O)[C@H]1CCCN1S(C)(=O)=O)C(=O)Nc1ccc(C(N)=O)cc1. The molecule has 0 bridgehead atoms. The van der Waals surface area contributed by atoms with Crippen LogP contribution in [0, 0.1) is 0 Å². The van der Waals surface area contributed by atoms with Crippen molar-refractivity contribution < 1.29 is 27.5 Å². The fourth-order valence-corrected chi connectivity index (χ4v) is 3.76. The maximum atomic E-state index is 12.2. The smallest absolute Gasteiger partial charge is 0.325 e. The number of hydrogen-bond acceptors (Lipinski definition) is 6. The molecule has 0 radical (unpaired) electrons.